The largest absolute Gasteiger partial charge is 0.349 e. The SMILES string of the molecule is Cc1c(C(=O)NC2CCNCC2)ccc(-c2ccc(C[C@H](NC(=O)[C@H]3CC[C@H](CN)CC3)C(=O)Nc3ccc(-c4nn[nH]n4)cc3)cc2)c1C. The van der Waals surface area contributed by atoms with Crippen LogP contribution in [0.1, 0.15) is 65.6 Å². The number of nitrogens with two attached hydrogens (primary N) is 1. The van der Waals surface area contributed by atoms with Crippen molar-refractivity contribution in [3.8, 4) is 22.5 Å². The van der Waals surface area contributed by atoms with Crippen molar-refractivity contribution in [2.75, 3.05) is 25.0 Å². The van der Waals surface area contributed by atoms with Crippen molar-refractivity contribution in [2.24, 2.45) is 17.6 Å². The summed E-state index contributed by atoms with van der Waals surface area (Å²) in [6.45, 7) is 6.52. The van der Waals surface area contributed by atoms with Crippen molar-refractivity contribution in [1.82, 2.24) is 36.6 Å². The fourth-order valence-electron chi connectivity index (χ4n) is 7.04. The Balaban J connectivity index is 1.16. The van der Waals surface area contributed by atoms with Crippen molar-refractivity contribution in [3.05, 3.63) is 82.9 Å². The molecule has 2 fully saturated rings. The molecule has 0 unspecified atom stereocenters. The van der Waals surface area contributed by atoms with Gasteiger partial charge >= 0.3 is 0 Å². The van der Waals surface area contributed by atoms with Crippen molar-refractivity contribution in [1.29, 1.82) is 0 Å². The normalized spacial score (nSPS) is 18.6. The van der Waals surface area contributed by atoms with Gasteiger partial charge in [-0.2, -0.15) is 5.21 Å². The lowest BCUT2D eigenvalue weighted by molar-refractivity contribution is -0.130. The lowest BCUT2D eigenvalue weighted by Crippen LogP contribution is -2.48. The fourth-order valence-corrected chi connectivity index (χ4v) is 7.04. The number of tetrazole rings is 1. The third kappa shape index (κ3) is 8.43. The maximum Gasteiger partial charge on any atom is 0.251 e. The van der Waals surface area contributed by atoms with Crippen LogP contribution in [0.2, 0.25) is 0 Å². The van der Waals surface area contributed by atoms with Crippen LogP contribution in [0, 0.1) is 25.7 Å². The molecule has 1 saturated carbocycles. The van der Waals surface area contributed by atoms with E-state index in [0.717, 1.165) is 85.0 Å². The number of aromatic amines is 1. The topological polar surface area (TPSA) is 180 Å². The molecule has 3 amide bonds. The predicted octanol–water partition coefficient (Wildman–Crippen LogP) is 4.06. The first kappa shape index (κ1) is 34.9. The highest BCUT2D eigenvalue weighted by Crippen LogP contribution is 2.30. The number of hydrogen-bond acceptors (Lipinski definition) is 8. The van der Waals surface area contributed by atoms with E-state index in [2.05, 4.69) is 41.9 Å². The molecule has 1 atom stereocenters. The maximum absolute atomic E-state index is 13.7. The number of piperidine rings is 1. The Hall–Kier alpha value is -4.94. The molecule has 0 radical (unpaired) electrons. The van der Waals surface area contributed by atoms with Crippen LogP contribution in [0.25, 0.3) is 22.5 Å². The molecule has 2 heterocycles. The van der Waals surface area contributed by atoms with Crippen molar-refractivity contribution in [3.63, 3.8) is 0 Å². The van der Waals surface area contributed by atoms with Crippen molar-refractivity contribution in [2.45, 2.75) is 70.9 Å². The van der Waals surface area contributed by atoms with Gasteiger partial charge in [0, 0.05) is 35.2 Å². The number of H-pyrrole nitrogens is 1. The molecular formula is C38H47N9O3. The Bertz CT molecular complexity index is 1760. The molecule has 1 aliphatic carbocycles. The van der Waals surface area contributed by atoms with Crippen LogP contribution in [0.5, 0.6) is 0 Å². The number of nitrogens with zero attached hydrogens (tertiary/aromatic N) is 3. The number of aromatic nitrogens is 4. The summed E-state index contributed by atoms with van der Waals surface area (Å²) in [6.07, 6.45) is 5.57. The Morgan fingerprint density at radius 1 is 0.860 bits per heavy atom. The van der Waals surface area contributed by atoms with E-state index in [1.54, 1.807) is 24.3 Å². The van der Waals surface area contributed by atoms with Gasteiger partial charge in [-0.15, -0.1) is 10.2 Å². The van der Waals surface area contributed by atoms with Gasteiger partial charge in [0.15, 0.2) is 0 Å². The first-order valence-electron chi connectivity index (χ1n) is 17.6. The molecule has 1 saturated heterocycles. The van der Waals surface area contributed by atoms with Gasteiger partial charge < -0.3 is 27.0 Å². The zero-order valence-electron chi connectivity index (χ0n) is 28.8. The first-order valence-corrected chi connectivity index (χ1v) is 17.6. The van der Waals surface area contributed by atoms with Gasteiger partial charge in [0.2, 0.25) is 17.6 Å². The van der Waals surface area contributed by atoms with Crippen molar-refractivity contribution < 1.29 is 14.4 Å². The highest BCUT2D eigenvalue weighted by molar-refractivity contribution is 5.98. The summed E-state index contributed by atoms with van der Waals surface area (Å²) < 4.78 is 0. The fraction of sp³-hybridized carbons (Fsp3) is 0.421. The van der Waals surface area contributed by atoms with E-state index in [4.69, 9.17) is 5.73 Å². The lowest BCUT2D eigenvalue weighted by Gasteiger charge is -2.28. The van der Waals surface area contributed by atoms with Gasteiger partial charge in [0.05, 0.1) is 0 Å². The second kappa shape index (κ2) is 16.2. The molecule has 7 N–H and O–H groups in total. The number of carbonyl (C=O) groups excluding carboxylic acids is 3. The lowest BCUT2D eigenvalue weighted by atomic mass is 9.81. The van der Waals surface area contributed by atoms with E-state index in [-0.39, 0.29) is 29.7 Å². The molecule has 0 spiro atoms. The Morgan fingerprint density at radius 2 is 1.56 bits per heavy atom. The average molecular weight is 678 g/mol. The van der Waals surface area contributed by atoms with Gasteiger partial charge in [-0.25, -0.2) is 0 Å². The van der Waals surface area contributed by atoms with Crippen LogP contribution in [0.3, 0.4) is 0 Å². The number of carbonyl (C=O) groups is 3. The standard InChI is InChI=1S/C38H47N9O3/c1-23-24(2)33(37(49)41-31-17-19-40-20-18-31)16-15-32(23)27-7-3-25(4-8-27)21-34(43-36(48)29-9-5-26(22-39)6-10-29)38(50)42-30-13-11-28(12-14-30)35-44-46-47-45-35/h3-4,7-8,11-16,26,29,31,34,40H,5-6,9-10,17-22,39H2,1-2H3,(H,41,49)(H,42,50)(H,43,48)(H,44,45,46,47)/t26-,29-,34-/m0/s1. The monoisotopic (exact) mass is 677 g/mol. The third-order valence-corrected chi connectivity index (χ3v) is 10.4. The van der Waals surface area contributed by atoms with Gasteiger partial charge in [-0.3, -0.25) is 14.4 Å². The third-order valence-electron chi connectivity index (χ3n) is 10.4. The van der Waals surface area contributed by atoms with Crippen LogP contribution in [-0.2, 0) is 16.0 Å². The number of hydrogen-bond donors (Lipinski definition) is 6. The van der Waals surface area contributed by atoms with E-state index < -0.39 is 6.04 Å². The van der Waals surface area contributed by atoms with E-state index in [9.17, 15) is 14.4 Å². The molecule has 2 aliphatic rings. The first-order chi connectivity index (χ1) is 24.3. The van der Waals surface area contributed by atoms with E-state index in [0.29, 0.717) is 36.0 Å². The zero-order valence-corrected chi connectivity index (χ0v) is 28.8. The van der Waals surface area contributed by atoms with E-state index in [1.165, 1.54) is 0 Å². The smallest absolute Gasteiger partial charge is 0.251 e. The Labute approximate surface area is 292 Å². The highest BCUT2D eigenvalue weighted by atomic mass is 16.2. The number of amides is 3. The minimum atomic E-state index is -0.779. The van der Waals surface area contributed by atoms with Gasteiger partial charge in [-0.1, -0.05) is 30.3 Å². The molecule has 4 aromatic rings. The summed E-state index contributed by atoms with van der Waals surface area (Å²) in [7, 11) is 0. The molecular weight excluding hydrogens is 630 g/mol. The van der Waals surface area contributed by atoms with Crippen LogP contribution in [0.15, 0.2) is 60.7 Å². The van der Waals surface area contributed by atoms with Gasteiger partial charge in [-0.05, 0) is 141 Å². The molecule has 0 bridgehead atoms. The van der Waals surface area contributed by atoms with E-state index >= 15 is 0 Å². The van der Waals surface area contributed by atoms with Crippen LogP contribution < -0.4 is 27.0 Å². The van der Waals surface area contributed by atoms with Gasteiger partial charge in [0.1, 0.15) is 6.04 Å². The Kier molecular flexibility index (Phi) is 11.3. The predicted molar refractivity (Wildman–Crippen MR) is 193 cm³/mol. The number of nitrogens with one attached hydrogen (secondary N) is 5. The molecule has 1 aromatic heterocycles. The van der Waals surface area contributed by atoms with Crippen LogP contribution in [-0.4, -0.2) is 70.1 Å². The summed E-state index contributed by atoms with van der Waals surface area (Å²) in [5.41, 5.74) is 12.9. The minimum absolute atomic E-state index is 0.0268. The molecule has 1 aliphatic heterocycles. The zero-order chi connectivity index (χ0) is 35.0. The molecule has 50 heavy (non-hydrogen) atoms. The van der Waals surface area contributed by atoms with E-state index in [1.807, 2.05) is 50.2 Å². The molecule has 6 rings (SSSR count). The Morgan fingerprint density at radius 3 is 2.22 bits per heavy atom. The summed E-state index contributed by atoms with van der Waals surface area (Å²) in [6, 6.07) is 18.6. The summed E-state index contributed by atoms with van der Waals surface area (Å²) in [5.74, 6) is 0.351. The number of benzene rings is 3. The summed E-state index contributed by atoms with van der Waals surface area (Å²) in [4.78, 5) is 40.3. The van der Waals surface area contributed by atoms with Crippen LogP contribution >= 0.6 is 0 Å². The highest BCUT2D eigenvalue weighted by Gasteiger charge is 2.29. The summed E-state index contributed by atoms with van der Waals surface area (Å²) in [5, 5.41) is 26.6. The second-order valence-electron chi connectivity index (χ2n) is 13.6. The number of anilines is 1. The maximum atomic E-state index is 13.7. The summed E-state index contributed by atoms with van der Waals surface area (Å²) >= 11 is 0. The molecule has 12 heteroatoms. The quantitative estimate of drug-likeness (QED) is 0.138. The minimum Gasteiger partial charge on any atom is -0.349 e. The molecule has 3 aromatic carbocycles. The van der Waals surface area contributed by atoms with Gasteiger partial charge in [0.25, 0.3) is 5.91 Å². The second-order valence-corrected chi connectivity index (χ2v) is 13.6. The molecule has 262 valence electrons. The van der Waals surface area contributed by atoms with Crippen LogP contribution in [0.4, 0.5) is 5.69 Å². The number of rotatable bonds is 11. The average Bonchev–Trinajstić information content (AvgIpc) is 3.69. The van der Waals surface area contributed by atoms with Crippen molar-refractivity contribution >= 4 is 23.4 Å². The molecule has 12 nitrogen and oxygen atoms in total.